The maximum absolute atomic E-state index is 5.20. The van der Waals surface area contributed by atoms with E-state index in [1.807, 2.05) is 13.3 Å². The van der Waals surface area contributed by atoms with Crippen molar-refractivity contribution in [3.8, 4) is 0 Å². The first-order valence-electron chi connectivity index (χ1n) is 6.52. The second-order valence-electron chi connectivity index (χ2n) is 4.84. The zero-order valence-electron chi connectivity index (χ0n) is 11.1. The summed E-state index contributed by atoms with van der Waals surface area (Å²) >= 11 is 0. The highest BCUT2D eigenvalue weighted by Crippen LogP contribution is 2.31. The van der Waals surface area contributed by atoms with Crippen LogP contribution in [0.4, 0.5) is 0 Å². The second kappa shape index (κ2) is 5.87. The third-order valence-electron chi connectivity index (χ3n) is 3.70. The van der Waals surface area contributed by atoms with Gasteiger partial charge < -0.3 is 9.73 Å². The lowest BCUT2D eigenvalue weighted by Gasteiger charge is -2.33. The third kappa shape index (κ3) is 2.65. The summed E-state index contributed by atoms with van der Waals surface area (Å²) in [5, 5.41) is 3.34. The predicted octanol–water partition coefficient (Wildman–Crippen LogP) is 3.39. The molecule has 96 valence electrons. The van der Waals surface area contributed by atoms with Crippen LogP contribution in [-0.2, 0) is 11.8 Å². The summed E-state index contributed by atoms with van der Waals surface area (Å²) in [6.07, 6.45) is 5.71. The molecule has 0 fully saturated rings. The summed E-state index contributed by atoms with van der Waals surface area (Å²) in [5.74, 6) is 0. The van der Waals surface area contributed by atoms with Gasteiger partial charge in [-0.25, -0.2) is 0 Å². The molecule has 0 bridgehead atoms. The van der Waals surface area contributed by atoms with Gasteiger partial charge in [-0.05, 0) is 37.1 Å². The molecule has 0 aliphatic carbocycles. The van der Waals surface area contributed by atoms with E-state index >= 15 is 0 Å². The van der Waals surface area contributed by atoms with Gasteiger partial charge in [0.05, 0.1) is 12.5 Å². The quantitative estimate of drug-likeness (QED) is 0.841. The molecule has 1 atom stereocenters. The summed E-state index contributed by atoms with van der Waals surface area (Å²) in [6.45, 7) is 3.23. The Kier molecular flexibility index (Phi) is 4.21. The van der Waals surface area contributed by atoms with E-state index in [2.05, 4.69) is 48.6 Å². The van der Waals surface area contributed by atoms with Crippen LogP contribution < -0.4 is 5.32 Å². The van der Waals surface area contributed by atoms with Crippen molar-refractivity contribution in [1.29, 1.82) is 0 Å². The van der Waals surface area contributed by atoms with Crippen LogP contribution in [0.15, 0.2) is 53.3 Å². The van der Waals surface area contributed by atoms with Gasteiger partial charge in [0, 0.05) is 12.0 Å². The van der Waals surface area contributed by atoms with Crippen molar-refractivity contribution < 1.29 is 4.42 Å². The van der Waals surface area contributed by atoms with Crippen molar-refractivity contribution in [3.63, 3.8) is 0 Å². The molecule has 2 aromatic rings. The minimum absolute atomic E-state index is 0.139. The number of furan rings is 1. The minimum Gasteiger partial charge on any atom is -0.472 e. The highest BCUT2D eigenvalue weighted by atomic mass is 16.3. The molecule has 0 saturated heterocycles. The monoisotopic (exact) mass is 243 g/mol. The van der Waals surface area contributed by atoms with E-state index in [0.717, 1.165) is 19.4 Å². The summed E-state index contributed by atoms with van der Waals surface area (Å²) in [6, 6.07) is 12.8. The maximum Gasteiger partial charge on any atom is 0.0934 e. The molecular weight excluding hydrogens is 222 g/mol. The molecule has 0 amide bonds. The topological polar surface area (TPSA) is 25.2 Å². The fourth-order valence-corrected chi connectivity index (χ4v) is 2.63. The van der Waals surface area contributed by atoms with Crippen molar-refractivity contribution in [2.24, 2.45) is 0 Å². The van der Waals surface area contributed by atoms with Gasteiger partial charge in [-0.15, -0.1) is 0 Å². The number of rotatable bonds is 6. The summed E-state index contributed by atoms with van der Waals surface area (Å²) < 4.78 is 5.20. The zero-order chi connectivity index (χ0) is 12.8. The van der Waals surface area contributed by atoms with Crippen LogP contribution in [0.3, 0.4) is 0 Å². The van der Waals surface area contributed by atoms with Crippen molar-refractivity contribution in [1.82, 2.24) is 5.32 Å². The van der Waals surface area contributed by atoms with E-state index in [1.165, 1.54) is 11.1 Å². The lowest BCUT2D eigenvalue weighted by molar-refractivity contribution is 0.389. The Morgan fingerprint density at radius 3 is 2.50 bits per heavy atom. The molecule has 0 radical (unpaired) electrons. The van der Waals surface area contributed by atoms with E-state index < -0.39 is 0 Å². The van der Waals surface area contributed by atoms with Crippen molar-refractivity contribution in [3.05, 3.63) is 60.1 Å². The molecular formula is C16H21NO. The van der Waals surface area contributed by atoms with Gasteiger partial charge in [-0.1, -0.05) is 37.3 Å². The highest BCUT2D eigenvalue weighted by molar-refractivity contribution is 5.29. The normalized spacial score (nSPS) is 14.3. The van der Waals surface area contributed by atoms with Gasteiger partial charge in [0.2, 0.25) is 0 Å². The molecule has 2 nitrogen and oxygen atoms in total. The van der Waals surface area contributed by atoms with E-state index in [4.69, 9.17) is 4.42 Å². The molecule has 1 heterocycles. The Balaban J connectivity index is 2.33. The van der Waals surface area contributed by atoms with Crippen LogP contribution in [-0.4, -0.2) is 13.6 Å². The van der Waals surface area contributed by atoms with Crippen LogP contribution in [0.25, 0.3) is 0 Å². The molecule has 1 aromatic heterocycles. The molecule has 0 saturated carbocycles. The molecule has 0 aliphatic heterocycles. The number of hydrogen-bond acceptors (Lipinski definition) is 2. The van der Waals surface area contributed by atoms with Crippen LogP contribution in [0, 0.1) is 0 Å². The van der Waals surface area contributed by atoms with Gasteiger partial charge in [0.1, 0.15) is 0 Å². The molecule has 1 aromatic carbocycles. The van der Waals surface area contributed by atoms with Crippen LogP contribution in [0.2, 0.25) is 0 Å². The average molecular weight is 243 g/mol. The molecule has 18 heavy (non-hydrogen) atoms. The van der Waals surface area contributed by atoms with Crippen LogP contribution in [0.1, 0.15) is 24.5 Å². The zero-order valence-corrected chi connectivity index (χ0v) is 11.1. The van der Waals surface area contributed by atoms with Gasteiger partial charge in [-0.2, -0.15) is 0 Å². The van der Waals surface area contributed by atoms with E-state index in [0.29, 0.717) is 0 Å². The van der Waals surface area contributed by atoms with Gasteiger partial charge in [0.25, 0.3) is 0 Å². The third-order valence-corrected chi connectivity index (χ3v) is 3.70. The number of likely N-dealkylation sites (N-methyl/N-ethyl adjacent to an activating group) is 1. The number of hydrogen-bond donors (Lipinski definition) is 1. The first-order valence-corrected chi connectivity index (χ1v) is 6.52. The Morgan fingerprint density at radius 1 is 1.17 bits per heavy atom. The smallest absolute Gasteiger partial charge is 0.0934 e. The predicted molar refractivity (Wildman–Crippen MR) is 74.7 cm³/mol. The standard InChI is InChI=1S/C16H21NO/c1-3-16(13-17-2,11-14-9-10-18-12-14)15-7-5-4-6-8-15/h4-10,12,17H,3,11,13H2,1-2H3. The largest absolute Gasteiger partial charge is 0.472 e. The molecule has 0 aliphatic rings. The molecule has 2 rings (SSSR count). The van der Waals surface area contributed by atoms with Gasteiger partial charge >= 0.3 is 0 Å². The van der Waals surface area contributed by atoms with E-state index in [-0.39, 0.29) is 5.41 Å². The molecule has 1 N–H and O–H groups in total. The lowest BCUT2D eigenvalue weighted by atomic mass is 9.74. The van der Waals surface area contributed by atoms with Crippen LogP contribution in [0.5, 0.6) is 0 Å². The fourth-order valence-electron chi connectivity index (χ4n) is 2.63. The Morgan fingerprint density at radius 2 is 1.94 bits per heavy atom. The Hall–Kier alpha value is -1.54. The molecule has 2 heteroatoms. The lowest BCUT2D eigenvalue weighted by Crippen LogP contribution is -2.38. The Bertz CT molecular complexity index is 449. The maximum atomic E-state index is 5.20. The average Bonchev–Trinajstić information content (AvgIpc) is 2.92. The number of nitrogens with one attached hydrogen (secondary N) is 1. The minimum atomic E-state index is 0.139. The van der Waals surface area contributed by atoms with E-state index in [9.17, 15) is 0 Å². The number of benzene rings is 1. The van der Waals surface area contributed by atoms with E-state index in [1.54, 1.807) is 6.26 Å². The SMILES string of the molecule is CCC(CNC)(Cc1ccoc1)c1ccccc1. The molecule has 1 unspecified atom stereocenters. The van der Waals surface area contributed by atoms with Gasteiger partial charge in [0.15, 0.2) is 0 Å². The summed E-state index contributed by atoms with van der Waals surface area (Å²) in [4.78, 5) is 0. The summed E-state index contributed by atoms with van der Waals surface area (Å²) in [7, 11) is 2.02. The van der Waals surface area contributed by atoms with Crippen LogP contribution >= 0.6 is 0 Å². The first kappa shape index (κ1) is 12.9. The van der Waals surface area contributed by atoms with Crippen molar-refractivity contribution >= 4 is 0 Å². The first-order chi connectivity index (χ1) is 8.80. The van der Waals surface area contributed by atoms with Gasteiger partial charge in [-0.3, -0.25) is 0 Å². The van der Waals surface area contributed by atoms with Crippen molar-refractivity contribution in [2.75, 3.05) is 13.6 Å². The van der Waals surface area contributed by atoms with Crippen molar-refractivity contribution in [2.45, 2.75) is 25.2 Å². The highest BCUT2D eigenvalue weighted by Gasteiger charge is 2.30. The molecule has 0 spiro atoms. The fraction of sp³-hybridized carbons (Fsp3) is 0.375. The Labute approximate surface area is 109 Å². The summed E-state index contributed by atoms with van der Waals surface area (Å²) in [5.41, 5.74) is 2.79. The second-order valence-corrected chi connectivity index (χ2v) is 4.84.